The van der Waals surface area contributed by atoms with E-state index in [4.69, 9.17) is 9.47 Å². The number of aromatic hydroxyl groups is 1. The Labute approximate surface area is 148 Å². The number of carbonyl (C=O) groups excluding carboxylic acids is 1. The van der Waals surface area contributed by atoms with E-state index in [9.17, 15) is 9.90 Å². The Hall–Kier alpha value is -2.24. The van der Waals surface area contributed by atoms with Gasteiger partial charge < -0.3 is 19.9 Å². The van der Waals surface area contributed by atoms with Gasteiger partial charge in [-0.05, 0) is 48.9 Å². The summed E-state index contributed by atoms with van der Waals surface area (Å²) in [5, 5.41) is 12.3. The summed E-state index contributed by atoms with van der Waals surface area (Å²) in [6.07, 6.45) is 0.725. The van der Waals surface area contributed by atoms with Crippen LogP contribution in [0, 0.1) is 0 Å². The van der Waals surface area contributed by atoms with Gasteiger partial charge in [0.15, 0.2) is 17.3 Å². The van der Waals surface area contributed by atoms with Crippen molar-refractivity contribution in [2.75, 3.05) is 27.3 Å². The molecule has 0 unspecified atom stereocenters. The number of benzene rings is 2. The number of hydrogen-bond donors (Lipinski definition) is 2. The van der Waals surface area contributed by atoms with E-state index in [0.29, 0.717) is 17.9 Å². The second-order valence-electron chi connectivity index (χ2n) is 5.05. The van der Waals surface area contributed by atoms with Gasteiger partial charge in [-0.15, -0.1) is 12.4 Å². The molecule has 0 bridgehead atoms. The number of nitrogens with one attached hydrogen (secondary N) is 1. The van der Waals surface area contributed by atoms with Crippen molar-refractivity contribution >= 4 is 18.2 Å². The van der Waals surface area contributed by atoms with Crippen molar-refractivity contribution in [2.24, 2.45) is 0 Å². The van der Waals surface area contributed by atoms with Crippen LogP contribution >= 0.6 is 12.4 Å². The smallest absolute Gasteiger partial charge is 0.176 e. The lowest BCUT2D eigenvalue weighted by Crippen LogP contribution is -2.25. The number of ketones is 1. The summed E-state index contributed by atoms with van der Waals surface area (Å²) in [7, 11) is 3.22. The zero-order chi connectivity index (χ0) is 16.7. The van der Waals surface area contributed by atoms with Gasteiger partial charge in [0.2, 0.25) is 0 Å². The molecule has 0 saturated heterocycles. The number of Topliss-reactive ketones (excluding diaryl/α,β-unsaturated/α-hetero) is 1. The minimum absolute atomic E-state index is 0. The Morgan fingerprint density at radius 2 is 1.79 bits per heavy atom. The predicted octanol–water partition coefficient (Wildman–Crippen LogP) is 2.85. The van der Waals surface area contributed by atoms with Crippen LogP contribution in [0.15, 0.2) is 42.5 Å². The van der Waals surface area contributed by atoms with Gasteiger partial charge in [0.1, 0.15) is 5.75 Å². The van der Waals surface area contributed by atoms with Gasteiger partial charge >= 0.3 is 0 Å². The van der Waals surface area contributed by atoms with Crippen LogP contribution in [0.2, 0.25) is 0 Å². The van der Waals surface area contributed by atoms with Crippen molar-refractivity contribution in [3.63, 3.8) is 0 Å². The molecule has 0 saturated carbocycles. The van der Waals surface area contributed by atoms with E-state index in [0.717, 1.165) is 17.7 Å². The third-order valence-corrected chi connectivity index (χ3v) is 3.53. The fourth-order valence-corrected chi connectivity index (χ4v) is 2.32. The first-order valence-corrected chi connectivity index (χ1v) is 7.38. The van der Waals surface area contributed by atoms with E-state index in [-0.39, 0.29) is 30.5 Å². The maximum absolute atomic E-state index is 12.0. The highest BCUT2D eigenvalue weighted by Crippen LogP contribution is 2.30. The van der Waals surface area contributed by atoms with Crippen LogP contribution < -0.4 is 14.8 Å². The zero-order valence-electron chi connectivity index (χ0n) is 13.7. The van der Waals surface area contributed by atoms with Crippen molar-refractivity contribution in [3.8, 4) is 17.2 Å². The normalized spacial score (nSPS) is 9.92. The number of ether oxygens (including phenoxy) is 2. The van der Waals surface area contributed by atoms with Crippen molar-refractivity contribution in [1.29, 1.82) is 0 Å². The largest absolute Gasteiger partial charge is 0.508 e. The summed E-state index contributed by atoms with van der Waals surface area (Å²) in [6, 6.07) is 12.0. The Bertz CT molecular complexity index is 659. The van der Waals surface area contributed by atoms with Crippen LogP contribution in [0.5, 0.6) is 17.2 Å². The Balaban J connectivity index is 0.00000288. The highest BCUT2D eigenvalue weighted by atomic mass is 35.5. The molecule has 2 aromatic carbocycles. The molecule has 0 aliphatic rings. The number of methoxy groups -OCH3 is 2. The SMILES string of the molecule is COc1cccc(CCNCC(=O)c2ccc(O)cc2)c1OC.Cl. The Kier molecular flexibility index (Phi) is 8.09. The van der Waals surface area contributed by atoms with Gasteiger partial charge in [-0.2, -0.15) is 0 Å². The third-order valence-electron chi connectivity index (χ3n) is 3.53. The Morgan fingerprint density at radius 1 is 1.08 bits per heavy atom. The molecule has 2 aromatic rings. The quantitative estimate of drug-likeness (QED) is 0.565. The van der Waals surface area contributed by atoms with Crippen LogP contribution in [-0.4, -0.2) is 38.2 Å². The van der Waals surface area contributed by atoms with E-state index < -0.39 is 0 Å². The van der Waals surface area contributed by atoms with Gasteiger partial charge in [-0.3, -0.25) is 4.79 Å². The van der Waals surface area contributed by atoms with E-state index >= 15 is 0 Å². The van der Waals surface area contributed by atoms with E-state index in [1.54, 1.807) is 26.4 Å². The molecule has 0 spiro atoms. The molecule has 0 amide bonds. The number of phenolic OH excluding ortho intramolecular Hbond substituents is 1. The summed E-state index contributed by atoms with van der Waals surface area (Å²) < 4.78 is 10.7. The highest BCUT2D eigenvalue weighted by molar-refractivity contribution is 5.97. The van der Waals surface area contributed by atoms with Gasteiger partial charge in [-0.1, -0.05) is 12.1 Å². The van der Waals surface area contributed by atoms with Gasteiger partial charge in [-0.25, -0.2) is 0 Å². The molecule has 130 valence electrons. The average Bonchev–Trinajstić information content (AvgIpc) is 2.58. The molecule has 24 heavy (non-hydrogen) atoms. The standard InChI is InChI=1S/C18H21NO4.ClH/c1-22-17-5-3-4-14(18(17)23-2)10-11-19-12-16(21)13-6-8-15(20)9-7-13;/h3-9,19-20H,10-12H2,1-2H3;1H. The van der Waals surface area contributed by atoms with Gasteiger partial charge in [0, 0.05) is 5.56 Å². The molecule has 0 fully saturated rings. The number of carbonyl (C=O) groups is 1. The molecular weight excluding hydrogens is 330 g/mol. The predicted molar refractivity (Wildman–Crippen MR) is 95.8 cm³/mol. The number of para-hydroxylation sites is 1. The molecule has 0 aliphatic carbocycles. The summed E-state index contributed by atoms with van der Waals surface area (Å²) >= 11 is 0. The van der Waals surface area contributed by atoms with E-state index in [2.05, 4.69) is 5.32 Å². The van der Waals surface area contributed by atoms with E-state index in [1.165, 1.54) is 12.1 Å². The third kappa shape index (κ3) is 5.15. The maximum atomic E-state index is 12.0. The van der Waals surface area contributed by atoms with Gasteiger partial charge in [0.25, 0.3) is 0 Å². The highest BCUT2D eigenvalue weighted by Gasteiger charge is 2.09. The summed E-state index contributed by atoms with van der Waals surface area (Å²) in [6.45, 7) is 0.893. The van der Waals surface area contributed by atoms with Crippen molar-refractivity contribution in [3.05, 3.63) is 53.6 Å². The number of phenols is 1. The van der Waals surface area contributed by atoms with Gasteiger partial charge in [0.05, 0.1) is 20.8 Å². The van der Waals surface area contributed by atoms with E-state index in [1.807, 2.05) is 18.2 Å². The maximum Gasteiger partial charge on any atom is 0.176 e. The summed E-state index contributed by atoms with van der Waals surface area (Å²) in [4.78, 5) is 12.0. The number of halogens is 1. The summed E-state index contributed by atoms with van der Waals surface area (Å²) in [5.41, 5.74) is 1.60. The summed E-state index contributed by atoms with van der Waals surface area (Å²) in [5.74, 6) is 1.56. The average molecular weight is 352 g/mol. The second-order valence-corrected chi connectivity index (χ2v) is 5.05. The van der Waals surface area contributed by atoms with Crippen LogP contribution in [0.1, 0.15) is 15.9 Å². The second kappa shape index (κ2) is 9.80. The van der Waals surface area contributed by atoms with Crippen molar-refractivity contribution in [1.82, 2.24) is 5.32 Å². The molecule has 0 atom stereocenters. The topological polar surface area (TPSA) is 67.8 Å². The lowest BCUT2D eigenvalue weighted by atomic mass is 10.1. The molecule has 5 nitrogen and oxygen atoms in total. The molecular formula is C18H22ClNO4. The van der Waals surface area contributed by atoms with Crippen molar-refractivity contribution in [2.45, 2.75) is 6.42 Å². The lowest BCUT2D eigenvalue weighted by Gasteiger charge is -2.12. The molecule has 2 N–H and O–H groups in total. The zero-order valence-corrected chi connectivity index (χ0v) is 14.6. The van der Waals surface area contributed by atoms with Crippen LogP contribution in [0.4, 0.5) is 0 Å². The number of rotatable bonds is 8. The number of hydrogen-bond acceptors (Lipinski definition) is 5. The monoisotopic (exact) mass is 351 g/mol. The Morgan fingerprint density at radius 3 is 2.42 bits per heavy atom. The molecule has 0 radical (unpaired) electrons. The molecule has 0 aromatic heterocycles. The first kappa shape index (κ1) is 19.8. The first-order valence-electron chi connectivity index (χ1n) is 7.38. The molecule has 0 aliphatic heterocycles. The van der Waals surface area contributed by atoms with Crippen molar-refractivity contribution < 1.29 is 19.4 Å². The minimum atomic E-state index is -0.0115. The van der Waals surface area contributed by atoms with Crippen LogP contribution in [0.3, 0.4) is 0 Å². The molecule has 0 heterocycles. The fourth-order valence-electron chi connectivity index (χ4n) is 2.32. The lowest BCUT2D eigenvalue weighted by molar-refractivity contribution is 0.0991. The molecule has 6 heteroatoms. The van der Waals surface area contributed by atoms with Crippen LogP contribution in [-0.2, 0) is 6.42 Å². The van der Waals surface area contributed by atoms with Crippen LogP contribution in [0.25, 0.3) is 0 Å². The minimum Gasteiger partial charge on any atom is -0.508 e. The first-order chi connectivity index (χ1) is 11.2. The molecule has 2 rings (SSSR count). The fraction of sp³-hybridized carbons (Fsp3) is 0.278.